The van der Waals surface area contributed by atoms with Crippen molar-refractivity contribution in [2.45, 2.75) is 31.6 Å². The number of hydrogen-bond donors (Lipinski definition) is 1. The van der Waals surface area contributed by atoms with Crippen LogP contribution >= 0.6 is 0 Å². The second kappa shape index (κ2) is 7.47. The number of carbonyl (C=O) groups is 1. The Hall–Kier alpha value is -3.03. The van der Waals surface area contributed by atoms with Gasteiger partial charge < -0.3 is 9.42 Å². The topological polar surface area (TPSA) is 101 Å². The number of piperidine rings is 1. The number of likely N-dealkylation sites (tertiary alicyclic amines) is 1. The second-order valence-electron chi connectivity index (χ2n) is 6.40. The summed E-state index contributed by atoms with van der Waals surface area (Å²) in [7, 11) is 0. The summed E-state index contributed by atoms with van der Waals surface area (Å²) in [5, 5.41) is 10.8. The third-order valence-corrected chi connectivity index (χ3v) is 4.72. The van der Waals surface area contributed by atoms with Crippen LogP contribution in [-0.4, -0.2) is 49.2 Å². The van der Waals surface area contributed by atoms with E-state index in [2.05, 4.69) is 25.3 Å². The number of nitrogens with one attached hydrogen (secondary N) is 1. The molecule has 1 saturated heterocycles. The van der Waals surface area contributed by atoms with Gasteiger partial charge in [-0.3, -0.25) is 9.89 Å². The number of nitrogens with zero attached hydrogens (tertiary/aromatic N) is 5. The van der Waals surface area contributed by atoms with Gasteiger partial charge in [0.2, 0.25) is 17.6 Å². The fourth-order valence-corrected chi connectivity index (χ4v) is 3.25. The monoisotopic (exact) mass is 352 g/mol. The highest BCUT2D eigenvalue weighted by Crippen LogP contribution is 2.25. The first-order valence-corrected chi connectivity index (χ1v) is 8.80. The highest BCUT2D eigenvalue weighted by molar-refractivity contribution is 5.76. The molecule has 3 aromatic rings. The van der Waals surface area contributed by atoms with E-state index in [1.54, 1.807) is 0 Å². The van der Waals surface area contributed by atoms with Crippen molar-refractivity contribution in [1.29, 1.82) is 0 Å². The van der Waals surface area contributed by atoms with Crippen molar-refractivity contribution in [2.75, 3.05) is 13.1 Å². The molecule has 0 radical (unpaired) electrons. The Morgan fingerprint density at radius 2 is 2.04 bits per heavy atom. The molecule has 134 valence electrons. The number of benzene rings is 1. The van der Waals surface area contributed by atoms with Crippen LogP contribution in [-0.2, 0) is 11.2 Å². The average molecular weight is 352 g/mol. The Bertz CT molecular complexity index is 838. The summed E-state index contributed by atoms with van der Waals surface area (Å²) in [6.45, 7) is 1.48. The molecule has 0 bridgehead atoms. The van der Waals surface area contributed by atoms with Crippen LogP contribution in [0.2, 0.25) is 0 Å². The SMILES string of the molecule is O=C(CCc1nc(-c2ccccc2)no1)N1CCC(c2ncn[nH]2)CC1. The molecular formula is C18H20N6O2. The van der Waals surface area contributed by atoms with Crippen LogP contribution < -0.4 is 0 Å². The maximum absolute atomic E-state index is 12.4. The minimum absolute atomic E-state index is 0.125. The number of aromatic amines is 1. The van der Waals surface area contributed by atoms with Gasteiger partial charge in [0, 0.05) is 37.4 Å². The molecule has 0 unspecified atom stereocenters. The number of H-pyrrole nitrogens is 1. The van der Waals surface area contributed by atoms with Crippen LogP contribution in [0.15, 0.2) is 41.2 Å². The third-order valence-electron chi connectivity index (χ3n) is 4.72. The molecule has 8 nitrogen and oxygen atoms in total. The number of aromatic nitrogens is 5. The lowest BCUT2D eigenvalue weighted by atomic mass is 9.96. The van der Waals surface area contributed by atoms with Crippen molar-refractivity contribution >= 4 is 5.91 Å². The van der Waals surface area contributed by atoms with E-state index in [1.165, 1.54) is 6.33 Å². The molecule has 1 N–H and O–H groups in total. The molecule has 8 heteroatoms. The van der Waals surface area contributed by atoms with Gasteiger partial charge in [0.15, 0.2) is 0 Å². The van der Waals surface area contributed by atoms with E-state index in [1.807, 2.05) is 35.2 Å². The minimum atomic E-state index is 0.125. The molecule has 0 saturated carbocycles. The molecule has 26 heavy (non-hydrogen) atoms. The Morgan fingerprint density at radius 1 is 1.23 bits per heavy atom. The smallest absolute Gasteiger partial charge is 0.227 e. The molecule has 1 aromatic carbocycles. The first kappa shape index (κ1) is 16.4. The highest BCUT2D eigenvalue weighted by atomic mass is 16.5. The van der Waals surface area contributed by atoms with Gasteiger partial charge in [-0.1, -0.05) is 35.5 Å². The van der Waals surface area contributed by atoms with Gasteiger partial charge in [0.25, 0.3) is 0 Å². The minimum Gasteiger partial charge on any atom is -0.343 e. The van der Waals surface area contributed by atoms with Gasteiger partial charge in [-0.2, -0.15) is 10.1 Å². The van der Waals surface area contributed by atoms with Gasteiger partial charge in [-0.05, 0) is 12.8 Å². The summed E-state index contributed by atoms with van der Waals surface area (Å²) in [5.41, 5.74) is 0.906. The first-order valence-electron chi connectivity index (χ1n) is 8.80. The lowest BCUT2D eigenvalue weighted by Crippen LogP contribution is -2.38. The second-order valence-corrected chi connectivity index (χ2v) is 6.40. The number of rotatable bonds is 5. The molecule has 4 rings (SSSR count). The molecule has 0 spiro atoms. The van der Waals surface area contributed by atoms with E-state index < -0.39 is 0 Å². The van der Waals surface area contributed by atoms with Gasteiger partial charge in [-0.25, -0.2) is 4.98 Å². The number of hydrogen-bond acceptors (Lipinski definition) is 6. The van der Waals surface area contributed by atoms with E-state index in [9.17, 15) is 4.79 Å². The molecule has 2 aromatic heterocycles. The average Bonchev–Trinajstić information content (AvgIpc) is 3.39. The number of amides is 1. The van der Waals surface area contributed by atoms with Crippen LogP contribution in [0.4, 0.5) is 0 Å². The van der Waals surface area contributed by atoms with E-state index in [0.29, 0.717) is 30.5 Å². The maximum atomic E-state index is 12.4. The van der Waals surface area contributed by atoms with Crippen LogP contribution in [0.1, 0.15) is 36.9 Å². The molecule has 0 aliphatic carbocycles. The van der Waals surface area contributed by atoms with E-state index in [4.69, 9.17) is 4.52 Å². The van der Waals surface area contributed by atoms with Crippen LogP contribution in [0.3, 0.4) is 0 Å². The first-order chi connectivity index (χ1) is 12.8. The Morgan fingerprint density at radius 3 is 2.77 bits per heavy atom. The van der Waals surface area contributed by atoms with Gasteiger partial charge in [0.1, 0.15) is 12.2 Å². The Balaban J connectivity index is 1.28. The van der Waals surface area contributed by atoms with Crippen molar-refractivity contribution in [3.8, 4) is 11.4 Å². The highest BCUT2D eigenvalue weighted by Gasteiger charge is 2.25. The van der Waals surface area contributed by atoms with Crippen LogP contribution in [0.25, 0.3) is 11.4 Å². The Labute approximate surface area is 150 Å². The Kier molecular flexibility index (Phi) is 4.72. The molecule has 3 heterocycles. The van der Waals surface area contributed by atoms with Crippen LogP contribution in [0, 0.1) is 0 Å². The van der Waals surface area contributed by atoms with Crippen molar-refractivity contribution < 1.29 is 9.32 Å². The fraction of sp³-hybridized carbons (Fsp3) is 0.389. The summed E-state index contributed by atoms with van der Waals surface area (Å²) >= 11 is 0. The maximum Gasteiger partial charge on any atom is 0.227 e. The molecule has 0 atom stereocenters. The van der Waals surface area contributed by atoms with Crippen molar-refractivity contribution in [3.63, 3.8) is 0 Å². The summed E-state index contributed by atoms with van der Waals surface area (Å²) in [4.78, 5) is 22.9. The van der Waals surface area contributed by atoms with Crippen molar-refractivity contribution in [2.24, 2.45) is 0 Å². The summed E-state index contributed by atoms with van der Waals surface area (Å²) in [6.07, 6.45) is 4.17. The van der Waals surface area contributed by atoms with E-state index in [-0.39, 0.29) is 5.91 Å². The van der Waals surface area contributed by atoms with Crippen molar-refractivity contribution in [3.05, 3.63) is 48.4 Å². The quantitative estimate of drug-likeness (QED) is 0.755. The molecular weight excluding hydrogens is 332 g/mol. The molecule has 1 fully saturated rings. The molecule has 1 aliphatic heterocycles. The lowest BCUT2D eigenvalue weighted by molar-refractivity contribution is -0.132. The number of carbonyl (C=O) groups excluding carboxylic acids is 1. The fourth-order valence-electron chi connectivity index (χ4n) is 3.25. The zero-order chi connectivity index (χ0) is 17.8. The van der Waals surface area contributed by atoms with Crippen molar-refractivity contribution in [1.82, 2.24) is 30.2 Å². The zero-order valence-electron chi connectivity index (χ0n) is 14.3. The molecule has 1 amide bonds. The third kappa shape index (κ3) is 3.63. The number of aryl methyl sites for hydroxylation is 1. The van der Waals surface area contributed by atoms with E-state index in [0.717, 1.165) is 37.3 Å². The zero-order valence-corrected chi connectivity index (χ0v) is 14.3. The van der Waals surface area contributed by atoms with Gasteiger partial charge in [0.05, 0.1) is 0 Å². The standard InChI is InChI=1S/C18H20N6O2/c25-16(24-10-8-14(9-11-24)17-19-12-20-22-17)7-6-15-21-18(23-26-15)13-4-2-1-3-5-13/h1-5,12,14H,6-11H2,(H,19,20,22). The predicted molar refractivity (Wildman–Crippen MR) is 93.0 cm³/mol. The lowest BCUT2D eigenvalue weighted by Gasteiger charge is -2.31. The largest absolute Gasteiger partial charge is 0.343 e. The van der Waals surface area contributed by atoms with Crippen LogP contribution in [0.5, 0.6) is 0 Å². The van der Waals surface area contributed by atoms with Gasteiger partial charge >= 0.3 is 0 Å². The van der Waals surface area contributed by atoms with Gasteiger partial charge in [-0.15, -0.1) is 0 Å². The summed E-state index contributed by atoms with van der Waals surface area (Å²) in [5.74, 6) is 2.44. The molecule has 1 aliphatic rings. The van der Waals surface area contributed by atoms with E-state index >= 15 is 0 Å². The predicted octanol–water partition coefficient (Wildman–Crippen LogP) is 2.19. The normalized spacial score (nSPS) is 15.3. The summed E-state index contributed by atoms with van der Waals surface area (Å²) < 4.78 is 5.27. The summed E-state index contributed by atoms with van der Waals surface area (Å²) in [6, 6.07) is 9.65.